The summed E-state index contributed by atoms with van der Waals surface area (Å²) in [6.45, 7) is 2.90. The van der Waals surface area contributed by atoms with Crippen LogP contribution in [0.5, 0.6) is 5.88 Å². The largest absolute Gasteiger partial charge is 0.494 e. The summed E-state index contributed by atoms with van der Waals surface area (Å²) >= 11 is 0. The lowest BCUT2D eigenvalue weighted by atomic mass is 10.1. The number of H-pyrrole nitrogens is 1. The molecule has 3 aromatic heterocycles. The zero-order valence-corrected chi connectivity index (χ0v) is 19.2. The van der Waals surface area contributed by atoms with Crippen molar-refractivity contribution in [1.82, 2.24) is 28.7 Å². The number of para-hydroxylation sites is 1. The second kappa shape index (κ2) is 8.62. The number of imidazole rings is 1. The smallest absolute Gasteiger partial charge is 0.244 e. The van der Waals surface area contributed by atoms with Crippen LogP contribution in [0.4, 0.5) is 0 Å². The lowest BCUT2D eigenvalue weighted by molar-refractivity contribution is 0.222. The van der Waals surface area contributed by atoms with Crippen LogP contribution in [0.3, 0.4) is 0 Å². The molecular formula is C23H26N6O3S. The first kappa shape index (κ1) is 21.6. The molecule has 10 heteroatoms. The van der Waals surface area contributed by atoms with Gasteiger partial charge in [-0.2, -0.15) is 4.31 Å². The molecule has 0 amide bonds. The summed E-state index contributed by atoms with van der Waals surface area (Å²) in [6.07, 6.45) is 5.47. The number of aromatic hydroxyl groups is 1. The molecule has 2 N–H and O–H groups in total. The fraction of sp³-hybridized carbons (Fsp3) is 0.304. The Balaban J connectivity index is 1.47. The molecule has 0 spiro atoms. The van der Waals surface area contributed by atoms with Gasteiger partial charge in [0.2, 0.25) is 15.9 Å². The van der Waals surface area contributed by atoms with E-state index in [4.69, 9.17) is 0 Å². The van der Waals surface area contributed by atoms with Gasteiger partial charge in [-0.1, -0.05) is 18.2 Å². The maximum Gasteiger partial charge on any atom is 0.244 e. The fourth-order valence-corrected chi connectivity index (χ4v) is 5.65. The third-order valence-corrected chi connectivity index (χ3v) is 8.08. The summed E-state index contributed by atoms with van der Waals surface area (Å²) in [6, 6.07) is 11.0. The van der Waals surface area contributed by atoms with Crippen LogP contribution in [0.1, 0.15) is 5.69 Å². The minimum absolute atomic E-state index is 0.109. The predicted octanol–water partition coefficient (Wildman–Crippen LogP) is 2.31. The van der Waals surface area contributed by atoms with E-state index in [0.717, 1.165) is 16.6 Å². The van der Waals surface area contributed by atoms with Gasteiger partial charge in [0, 0.05) is 62.6 Å². The van der Waals surface area contributed by atoms with E-state index in [-0.39, 0.29) is 10.8 Å². The van der Waals surface area contributed by atoms with Crippen LogP contribution in [0, 0.1) is 0 Å². The summed E-state index contributed by atoms with van der Waals surface area (Å²) in [5, 5.41) is 12.0. The van der Waals surface area contributed by atoms with Crippen LogP contribution in [0.15, 0.2) is 60.0 Å². The van der Waals surface area contributed by atoms with Crippen LogP contribution < -0.4 is 0 Å². The number of rotatable bonds is 6. The van der Waals surface area contributed by atoms with E-state index in [2.05, 4.69) is 19.9 Å². The molecule has 1 aliphatic heterocycles. The van der Waals surface area contributed by atoms with E-state index >= 15 is 0 Å². The van der Waals surface area contributed by atoms with Gasteiger partial charge >= 0.3 is 0 Å². The molecule has 1 aromatic carbocycles. The van der Waals surface area contributed by atoms with Crippen molar-refractivity contribution in [2.75, 3.05) is 33.2 Å². The predicted molar refractivity (Wildman–Crippen MR) is 125 cm³/mol. The Hall–Kier alpha value is -3.21. The summed E-state index contributed by atoms with van der Waals surface area (Å²) in [5.74, 6) is 0.109. The highest BCUT2D eigenvalue weighted by atomic mass is 32.2. The molecule has 9 nitrogen and oxygen atoms in total. The van der Waals surface area contributed by atoms with Crippen molar-refractivity contribution in [3.63, 3.8) is 0 Å². The molecular weight excluding hydrogens is 440 g/mol. The molecule has 4 aromatic rings. The van der Waals surface area contributed by atoms with Crippen molar-refractivity contribution < 1.29 is 13.5 Å². The highest BCUT2D eigenvalue weighted by Gasteiger charge is 2.28. The molecule has 1 fully saturated rings. The topological polar surface area (TPSA) is 107 Å². The van der Waals surface area contributed by atoms with E-state index in [1.165, 1.54) is 10.5 Å². The van der Waals surface area contributed by atoms with Crippen LogP contribution in [0.2, 0.25) is 0 Å². The molecule has 0 saturated carbocycles. The Kier molecular flexibility index (Phi) is 5.65. The second-order valence-corrected chi connectivity index (χ2v) is 10.2. The van der Waals surface area contributed by atoms with Gasteiger partial charge in [-0.3, -0.25) is 4.98 Å². The van der Waals surface area contributed by atoms with E-state index in [9.17, 15) is 13.5 Å². The number of likely N-dealkylation sites (N-methyl/N-ethyl adjacent to an activating group) is 1. The third kappa shape index (κ3) is 4.01. The molecule has 0 bridgehead atoms. The molecule has 1 aliphatic rings. The quantitative estimate of drug-likeness (QED) is 0.452. The van der Waals surface area contributed by atoms with Gasteiger partial charge in [-0.25, -0.2) is 13.4 Å². The average Bonchev–Trinajstić information content (AvgIpc) is 3.44. The van der Waals surface area contributed by atoms with Crippen molar-refractivity contribution >= 4 is 20.9 Å². The number of sulfonamides is 1. The van der Waals surface area contributed by atoms with E-state index in [0.29, 0.717) is 50.4 Å². The van der Waals surface area contributed by atoms with Gasteiger partial charge in [-0.15, -0.1) is 0 Å². The van der Waals surface area contributed by atoms with Gasteiger partial charge in [0.15, 0.2) is 0 Å². The molecule has 4 heterocycles. The maximum absolute atomic E-state index is 13.0. The van der Waals surface area contributed by atoms with Crippen molar-refractivity contribution in [3.8, 4) is 17.1 Å². The third-order valence-electron chi connectivity index (χ3n) is 6.20. The number of fused-ring (bicyclic) bond motifs is 1. The van der Waals surface area contributed by atoms with Crippen molar-refractivity contribution in [1.29, 1.82) is 0 Å². The zero-order valence-electron chi connectivity index (χ0n) is 18.3. The second-order valence-electron chi connectivity index (χ2n) is 8.28. The highest BCUT2D eigenvalue weighted by Crippen LogP contribution is 2.39. The fourth-order valence-electron chi connectivity index (χ4n) is 4.28. The molecule has 0 aliphatic carbocycles. The number of nitrogens with one attached hydrogen (secondary N) is 1. The van der Waals surface area contributed by atoms with E-state index < -0.39 is 10.0 Å². The van der Waals surface area contributed by atoms with E-state index in [1.54, 1.807) is 24.7 Å². The first-order valence-electron chi connectivity index (χ1n) is 10.9. The van der Waals surface area contributed by atoms with Crippen LogP contribution in [-0.4, -0.2) is 75.5 Å². The van der Waals surface area contributed by atoms with Gasteiger partial charge in [0.25, 0.3) is 0 Å². The van der Waals surface area contributed by atoms with Gasteiger partial charge in [0.05, 0.1) is 23.1 Å². The first-order chi connectivity index (χ1) is 15.9. The average molecular weight is 467 g/mol. The minimum Gasteiger partial charge on any atom is -0.494 e. The SMILES string of the molecule is CN1CCN(S(=O)(=O)c2ccc(-c3c(O)n(CCc4cnc[nH]4)c4ccccc34)nc2)CC1. The Labute approximate surface area is 192 Å². The van der Waals surface area contributed by atoms with Gasteiger partial charge in [-0.05, 0) is 25.2 Å². The number of hydrogen-bond donors (Lipinski definition) is 2. The number of nitrogens with zero attached hydrogens (tertiary/aromatic N) is 5. The molecule has 0 atom stereocenters. The van der Waals surface area contributed by atoms with Gasteiger partial charge < -0.3 is 19.6 Å². The maximum atomic E-state index is 13.0. The molecule has 5 rings (SSSR count). The standard InChI is InChI=1S/C23H26N6O3S/c1-27-10-12-28(13-11-27)33(31,32)18-6-7-20(25-15-18)22-19-4-2-3-5-21(19)29(23(22)30)9-8-17-14-24-16-26-17/h2-7,14-16,30H,8-13H2,1H3,(H,24,26). The summed E-state index contributed by atoms with van der Waals surface area (Å²) in [4.78, 5) is 13.9. The number of hydrogen-bond acceptors (Lipinski definition) is 6. The first-order valence-corrected chi connectivity index (χ1v) is 12.3. The molecule has 172 valence electrons. The van der Waals surface area contributed by atoms with Crippen molar-refractivity contribution in [2.45, 2.75) is 17.9 Å². The molecule has 1 saturated heterocycles. The van der Waals surface area contributed by atoms with Gasteiger partial charge in [0.1, 0.15) is 4.90 Å². The normalized spacial score (nSPS) is 15.9. The number of piperazine rings is 1. The monoisotopic (exact) mass is 466 g/mol. The summed E-state index contributed by atoms with van der Waals surface area (Å²) in [5.41, 5.74) is 2.99. The Morgan fingerprint density at radius 3 is 2.55 bits per heavy atom. The molecule has 33 heavy (non-hydrogen) atoms. The van der Waals surface area contributed by atoms with Crippen LogP contribution in [0.25, 0.3) is 22.2 Å². The number of aromatic nitrogens is 4. The Bertz CT molecular complexity index is 1360. The summed E-state index contributed by atoms with van der Waals surface area (Å²) < 4.78 is 29.4. The Morgan fingerprint density at radius 2 is 1.85 bits per heavy atom. The highest BCUT2D eigenvalue weighted by molar-refractivity contribution is 7.89. The lowest BCUT2D eigenvalue weighted by Crippen LogP contribution is -2.47. The number of benzene rings is 1. The number of aryl methyl sites for hydroxylation is 2. The number of aromatic amines is 1. The molecule has 0 radical (unpaired) electrons. The van der Waals surface area contributed by atoms with E-state index in [1.807, 2.05) is 35.9 Å². The van der Waals surface area contributed by atoms with Crippen LogP contribution in [-0.2, 0) is 23.0 Å². The number of pyridine rings is 1. The summed E-state index contributed by atoms with van der Waals surface area (Å²) in [7, 11) is -1.61. The van der Waals surface area contributed by atoms with Crippen molar-refractivity contribution in [2.24, 2.45) is 0 Å². The lowest BCUT2D eigenvalue weighted by Gasteiger charge is -2.31. The molecule has 0 unspecified atom stereocenters. The van der Waals surface area contributed by atoms with Crippen molar-refractivity contribution in [3.05, 3.63) is 60.8 Å². The zero-order chi connectivity index (χ0) is 23.0. The Morgan fingerprint density at radius 1 is 1.06 bits per heavy atom. The van der Waals surface area contributed by atoms with Crippen LogP contribution >= 0.6 is 0 Å². The minimum atomic E-state index is -3.60.